The van der Waals surface area contributed by atoms with Crippen LogP contribution in [0, 0.1) is 0 Å². The van der Waals surface area contributed by atoms with Crippen LogP contribution in [0.25, 0.3) is 11.3 Å². The number of halogens is 3. The maximum absolute atomic E-state index is 13.7. The minimum absolute atomic E-state index is 0.0952. The quantitative estimate of drug-likeness (QED) is 0.702. The molecule has 0 fully saturated rings. The van der Waals surface area contributed by atoms with Gasteiger partial charge in [0.15, 0.2) is 9.84 Å². The summed E-state index contributed by atoms with van der Waals surface area (Å²) in [6, 6.07) is 12.4. The third-order valence-corrected chi connectivity index (χ3v) is 6.07. The van der Waals surface area contributed by atoms with Crippen molar-refractivity contribution in [2.75, 3.05) is 6.26 Å². The van der Waals surface area contributed by atoms with E-state index in [-0.39, 0.29) is 16.2 Å². The number of alkyl halides is 3. The van der Waals surface area contributed by atoms with Crippen LogP contribution < -0.4 is 0 Å². The van der Waals surface area contributed by atoms with Crippen LogP contribution in [0.2, 0.25) is 0 Å². The lowest BCUT2D eigenvalue weighted by Crippen LogP contribution is -2.43. The van der Waals surface area contributed by atoms with Gasteiger partial charge in [-0.3, -0.25) is 0 Å². The number of nitrogens with zero attached hydrogens (tertiary/aromatic N) is 1. The van der Waals surface area contributed by atoms with Gasteiger partial charge in [-0.25, -0.2) is 13.4 Å². The van der Waals surface area contributed by atoms with Crippen LogP contribution in [0.1, 0.15) is 10.6 Å². The van der Waals surface area contributed by atoms with Gasteiger partial charge in [-0.1, -0.05) is 42.5 Å². The van der Waals surface area contributed by atoms with Gasteiger partial charge in [-0.2, -0.15) is 13.2 Å². The van der Waals surface area contributed by atoms with Crippen LogP contribution in [-0.2, 0) is 15.4 Å². The van der Waals surface area contributed by atoms with Gasteiger partial charge in [-0.05, 0) is 17.7 Å². The molecule has 1 aromatic heterocycles. The second-order valence-corrected chi connectivity index (χ2v) is 8.78. The first-order valence-electron chi connectivity index (χ1n) is 7.64. The summed E-state index contributed by atoms with van der Waals surface area (Å²) in [6.45, 7) is 0. The summed E-state index contributed by atoms with van der Waals surface area (Å²) in [5, 5.41) is 11.4. The topological polar surface area (TPSA) is 67.3 Å². The van der Waals surface area contributed by atoms with Gasteiger partial charge in [0.1, 0.15) is 5.01 Å². The van der Waals surface area contributed by atoms with Crippen molar-refractivity contribution in [2.45, 2.75) is 16.7 Å². The molecular formula is C18H14F3NO3S2. The Hall–Kier alpha value is -2.23. The van der Waals surface area contributed by atoms with Crippen LogP contribution in [0.5, 0.6) is 0 Å². The fourth-order valence-electron chi connectivity index (χ4n) is 2.53. The number of aliphatic hydroxyl groups is 1. The molecule has 1 heterocycles. The van der Waals surface area contributed by atoms with Gasteiger partial charge in [0.2, 0.25) is 5.60 Å². The molecule has 0 amide bonds. The molecule has 142 valence electrons. The SMILES string of the molecule is CS(=O)(=O)c1ccc(-c2csc(C(O)(c3ccccc3)C(F)(F)F)n2)cc1. The van der Waals surface area contributed by atoms with Crippen molar-refractivity contribution in [3.05, 3.63) is 70.5 Å². The highest BCUT2D eigenvalue weighted by Gasteiger charge is 2.58. The molecule has 0 aliphatic heterocycles. The van der Waals surface area contributed by atoms with Crippen molar-refractivity contribution in [1.29, 1.82) is 0 Å². The van der Waals surface area contributed by atoms with Crippen molar-refractivity contribution in [1.82, 2.24) is 4.98 Å². The molecule has 0 aliphatic rings. The molecule has 9 heteroatoms. The number of hydrogen-bond acceptors (Lipinski definition) is 5. The monoisotopic (exact) mass is 413 g/mol. The molecule has 1 unspecified atom stereocenters. The summed E-state index contributed by atoms with van der Waals surface area (Å²) in [4.78, 5) is 4.08. The zero-order chi connectivity index (χ0) is 19.9. The van der Waals surface area contributed by atoms with E-state index in [0.717, 1.165) is 6.26 Å². The normalized spacial score (nSPS) is 14.7. The minimum Gasteiger partial charge on any atom is -0.370 e. The molecular weight excluding hydrogens is 399 g/mol. The Bertz CT molecular complexity index is 1050. The summed E-state index contributed by atoms with van der Waals surface area (Å²) in [7, 11) is -3.38. The first-order chi connectivity index (χ1) is 12.5. The van der Waals surface area contributed by atoms with E-state index < -0.39 is 26.6 Å². The maximum atomic E-state index is 13.7. The van der Waals surface area contributed by atoms with Crippen LogP contribution in [-0.4, -0.2) is 30.9 Å². The lowest BCUT2D eigenvalue weighted by molar-refractivity contribution is -0.248. The van der Waals surface area contributed by atoms with Gasteiger partial charge >= 0.3 is 6.18 Å². The van der Waals surface area contributed by atoms with E-state index in [1.54, 1.807) is 6.07 Å². The fraction of sp³-hybridized carbons (Fsp3) is 0.167. The highest BCUT2D eigenvalue weighted by molar-refractivity contribution is 7.90. The van der Waals surface area contributed by atoms with Crippen LogP contribution in [0.3, 0.4) is 0 Å². The second kappa shape index (κ2) is 6.74. The van der Waals surface area contributed by atoms with Crippen molar-refractivity contribution >= 4 is 21.2 Å². The first-order valence-corrected chi connectivity index (χ1v) is 10.4. The predicted octanol–water partition coefficient (Wildman–Crippen LogP) is 4.01. The third kappa shape index (κ3) is 3.62. The summed E-state index contributed by atoms with van der Waals surface area (Å²) in [5.41, 5.74) is -2.90. The van der Waals surface area contributed by atoms with E-state index >= 15 is 0 Å². The fourth-order valence-corrected chi connectivity index (χ4v) is 4.13. The molecule has 0 radical (unpaired) electrons. The number of aromatic nitrogens is 1. The van der Waals surface area contributed by atoms with Gasteiger partial charge in [0.05, 0.1) is 10.6 Å². The van der Waals surface area contributed by atoms with E-state index in [9.17, 15) is 26.7 Å². The summed E-state index contributed by atoms with van der Waals surface area (Å²) < 4.78 is 64.2. The molecule has 0 saturated carbocycles. The lowest BCUT2D eigenvalue weighted by Gasteiger charge is -2.28. The zero-order valence-corrected chi connectivity index (χ0v) is 15.6. The average molecular weight is 413 g/mol. The molecule has 0 saturated heterocycles. The Morgan fingerprint density at radius 2 is 1.59 bits per heavy atom. The largest absolute Gasteiger partial charge is 0.428 e. The molecule has 1 atom stereocenters. The predicted molar refractivity (Wildman–Crippen MR) is 96.2 cm³/mol. The molecule has 0 bridgehead atoms. The number of hydrogen-bond donors (Lipinski definition) is 1. The molecule has 3 aromatic rings. The van der Waals surface area contributed by atoms with E-state index in [2.05, 4.69) is 4.98 Å². The Balaban J connectivity index is 2.05. The van der Waals surface area contributed by atoms with E-state index in [4.69, 9.17) is 0 Å². The van der Waals surface area contributed by atoms with Gasteiger partial charge < -0.3 is 5.11 Å². The minimum atomic E-state index is -4.97. The first kappa shape index (κ1) is 19.5. The van der Waals surface area contributed by atoms with Gasteiger partial charge in [-0.15, -0.1) is 11.3 Å². The molecule has 27 heavy (non-hydrogen) atoms. The van der Waals surface area contributed by atoms with Crippen molar-refractivity contribution in [3.8, 4) is 11.3 Å². The molecule has 0 aliphatic carbocycles. The van der Waals surface area contributed by atoms with E-state index in [0.29, 0.717) is 16.9 Å². The van der Waals surface area contributed by atoms with E-state index in [1.807, 2.05) is 0 Å². The van der Waals surface area contributed by atoms with Crippen molar-refractivity contribution in [2.24, 2.45) is 0 Å². The standard InChI is InChI=1S/C18H14F3NO3S2/c1-27(24,25)14-9-7-12(8-10-14)15-11-26-16(22-15)17(23,18(19,20)21)13-5-3-2-4-6-13/h2-11,23H,1H3. The summed E-state index contributed by atoms with van der Waals surface area (Å²) >= 11 is 0.683. The number of rotatable bonds is 4. The highest BCUT2D eigenvalue weighted by atomic mass is 32.2. The second-order valence-electron chi connectivity index (χ2n) is 5.91. The molecule has 2 aromatic carbocycles. The number of benzene rings is 2. The number of sulfone groups is 1. The van der Waals surface area contributed by atoms with Crippen molar-refractivity contribution in [3.63, 3.8) is 0 Å². The smallest absolute Gasteiger partial charge is 0.370 e. The molecule has 1 N–H and O–H groups in total. The molecule has 3 rings (SSSR count). The van der Waals surface area contributed by atoms with Crippen molar-refractivity contribution < 1.29 is 26.7 Å². The zero-order valence-electron chi connectivity index (χ0n) is 13.9. The Morgan fingerprint density at radius 1 is 1.00 bits per heavy atom. The number of thiazole rings is 1. The van der Waals surface area contributed by atoms with Gasteiger partial charge in [0, 0.05) is 17.2 Å². The molecule has 0 spiro atoms. The van der Waals surface area contributed by atoms with Crippen LogP contribution in [0.4, 0.5) is 13.2 Å². The van der Waals surface area contributed by atoms with E-state index in [1.165, 1.54) is 53.9 Å². The maximum Gasteiger partial charge on any atom is 0.428 e. The van der Waals surface area contributed by atoms with Crippen LogP contribution >= 0.6 is 11.3 Å². The third-order valence-electron chi connectivity index (χ3n) is 3.99. The van der Waals surface area contributed by atoms with Crippen LogP contribution in [0.15, 0.2) is 64.9 Å². The average Bonchev–Trinajstić information content (AvgIpc) is 3.10. The lowest BCUT2D eigenvalue weighted by atomic mass is 9.94. The van der Waals surface area contributed by atoms with Gasteiger partial charge in [0.25, 0.3) is 0 Å². The Kier molecular flexibility index (Phi) is 4.87. The summed E-state index contributed by atoms with van der Waals surface area (Å²) in [6.07, 6.45) is -3.91. The Morgan fingerprint density at radius 3 is 2.11 bits per heavy atom. The Labute approximate surface area is 157 Å². The highest BCUT2D eigenvalue weighted by Crippen LogP contribution is 2.45. The summed E-state index contributed by atoms with van der Waals surface area (Å²) in [5.74, 6) is 0. The molecule has 4 nitrogen and oxygen atoms in total.